The van der Waals surface area contributed by atoms with Crippen LogP contribution in [0.1, 0.15) is 17.9 Å². The van der Waals surface area contributed by atoms with Crippen LogP contribution in [0.4, 0.5) is 27.5 Å². The zero-order valence-corrected chi connectivity index (χ0v) is 18.7. The topological polar surface area (TPSA) is 125 Å². The highest BCUT2D eigenvalue weighted by Crippen LogP contribution is 2.30. The zero-order valence-electron chi connectivity index (χ0n) is 18.7. The van der Waals surface area contributed by atoms with E-state index >= 15 is 0 Å². The van der Waals surface area contributed by atoms with Crippen molar-refractivity contribution in [3.63, 3.8) is 0 Å². The summed E-state index contributed by atoms with van der Waals surface area (Å²) in [6, 6.07) is 21.4. The van der Waals surface area contributed by atoms with Crippen molar-refractivity contribution >= 4 is 35.0 Å². The van der Waals surface area contributed by atoms with Gasteiger partial charge in [-0.3, -0.25) is 19.4 Å². The van der Waals surface area contributed by atoms with Crippen molar-refractivity contribution in [1.29, 1.82) is 0 Å². The molecular formula is C26H20FN5O4. The number of benzene rings is 3. The van der Waals surface area contributed by atoms with Gasteiger partial charge >= 0.3 is 0 Å². The van der Waals surface area contributed by atoms with Crippen LogP contribution in [0.3, 0.4) is 0 Å². The Bertz CT molecular complexity index is 1470. The molecule has 180 valence electrons. The molecule has 1 aliphatic heterocycles. The van der Waals surface area contributed by atoms with E-state index in [9.17, 15) is 18.8 Å². The molecule has 2 amide bonds. The van der Waals surface area contributed by atoms with Gasteiger partial charge in [-0.15, -0.1) is 0 Å². The number of hydrogen-bond acceptors (Lipinski definition) is 6. The Morgan fingerprint density at radius 3 is 2.31 bits per heavy atom. The molecule has 1 atom stereocenters. The first-order chi connectivity index (χ1) is 17.4. The number of hydrogen-bond donors (Lipinski definition) is 4. The molecular weight excluding hydrogens is 465 g/mol. The first-order valence-corrected chi connectivity index (χ1v) is 11.0. The van der Waals surface area contributed by atoms with E-state index in [1.165, 1.54) is 24.3 Å². The van der Waals surface area contributed by atoms with Gasteiger partial charge in [0.15, 0.2) is 0 Å². The van der Waals surface area contributed by atoms with Gasteiger partial charge in [-0.2, -0.15) is 4.98 Å². The maximum Gasteiger partial charge on any atom is 0.258 e. The number of carbonyl (C=O) groups excluding carboxylic acids is 2. The summed E-state index contributed by atoms with van der Waals surface area (Å²) >= 11 is 0. The number of aromatic nitrogens is 2. The number of ether oxygens (including phenoxy) is 1. The van der Waals surface area contributed by atoms with Crippen LogP contribution in [0.25, 0.3) is 0 Å². The Kier molecular flexibility index (Phi) is 6.14. The third kappa shape index (κ3) is 5.07. The number of aromatic amines is 1. The van der Waals surface area contributed by atoms with E-state index in [2.05, 4.69) is 25.9 Å². The molecule has 0 bridgehead atoms. The Labute approximate surface area is 204 Å². The minimum Gasteiger partial charge on any atom is -0.457 e. The lowest BCUT2D eigenvalue weighted by atomic mass is 9.92. The number of carbonyl (C=O) groups is 2. The van der Waals surface area contributed by atoms with E-state index in [0.29, 0.717) is 22.9 Å². The molecule has 0 saturated heterocycles. The fourth-order valence-electron chi connectivity index (χ4n) is 3.78. The van der Waals surface area contributed by atoms with E-state index in [1.807, 2.05) is 30.3 Å². The Balaban J connectivity index is 1.33. The summed E-state index contributed by atoms with van der Waals surface area (Å²) in [4.78, 5) is 45.1. The van der Waals surface area contributed by atoms with Crippen molar-refractivity contribution in [2.75, 3.05) is 16.0 Å². The summed E-state index contributed by atoms with van der Waals surface area (Å²) in [7, 11) is 0. The summed E-state index contributed by atoms with van der Waals surface area (Å²) in [6.07, 6.45) is -0.205. The lowest BCUT2D eigenvalue weighted by Crippen LogP contribution is -2.36. The van der Waals surface area contributed by atoms with Crippen LogP contribution in [-0.4, -0.2) is 21.8 Å². The largest absolute Gasteiger partial charge is 0.457 e. The van der Waals surface area contributed by atoms with Crippen LogP contribution >= 0.6 is 0 Å². The molecule has 4 N–H and O–H groups in total. The van der Waals surface area contributed by atoms with E-state index < -0.39 is 29.1 Å². The third-order valence-electron chi connectivity index (χ3n) is 5.48. The molecule has 1 aliphatic rings. The van der Waals surface area contributed by atoms with Gasteiger partial charge < -0.3 is 20.7 Å². The summed E-state index contributed by atoms with van der Waals surface area (Å²) in [5.74, 6) is -1.11. The fourth-order valence-corrected chi connectivity index (χ4v) is 3.78. The van der Waals surface area contributed by atoms with Crippen molar-refractivity contribution in [3.8, 4) is 11.5 Å². The van der Waals surface area contributed by atoms with E-state index in [1.54, 1.807) is 24.3 Å². The Morgan fingerprint density at radius 1 is 0.917 bits per heavy atom. The van der Waals surface area contributed by atoms with Crippen molar-refractivity contribution in [2.24, 2.45) is 0 Å². The molecule has 3 aromatic carbocycles. The lowest BCUT2D eigenvalue weighted by Gasteiger charge is -2.23. The molecule has 1 aromatic heterocycles. The van der Waals surface area contributed by atoms with E-state index in [0.717, 1.165) is 0 Å². The molecule has 0 radical (unpaired) electrons. The molecule has 0 saturated carbocycles. The number of anilines is 4. The Hall–Kier alpha value is -4.99. The maximum absolute atomic E-state index is 13.1. The standard InChI is InChI=1S/C26H20FN5O4/c27-15-6-8-17(9-7-15)29-26-31-23-22(25(35)32-26)20(14-21(33)30-23)24(34)28-16-10-12-19(13-11-16)36-18-4-2-1-3-5-18/h1-13,20H,14H2,(H,28,34)(H3,29,30,31,32,33,35)/t20-/m0/s1. The highest BCUT2D eigenvalue weighted by Gasteiger charge is 2.34. The second-order valence-corrected chi connectivity index (χ2v) is 8.04. The van der Waals surface area contributed by atoms with Crippen LogP contribution < -0.4 is 26.2 Å². The molecule has 5 rings (SSSR count). The SMILES string of the molecule is O=C1C[C@H](C(=O)Nc2ccc(Oc3ccccc3)cc2)c2c(nc(Nc3ccc(F)cc3)[nH]c2=O)N1. The molecule has 2 heterocycles. The number of halogens is 1. The fraction of sp³-hybridized carbons (Fsp3) is 0.0769. The van der Waals surface area contributed by atoms with Crippen LogP contribution in [-0.2, 0) is 9.59 Å². The van der Waals surface area contributed by atoms with Gasteiger partial charge in [0.25, 0.3) is 5.56 Å². The number of amides is 2. The minimum atomic E-state index is -1.04. The highest BCUT2D eigenvalue weighted by atomic mass is 19.1. The predicted molar refractivity (Wildman–Crippen MR) is 132 cm³/mol. The Morgan fingerprint density at radius 2 is 1.58 bits per heavy atom. The summed E-state index contributed by atoms with van der Waals surface area (Å²) in [5, 5.41) is 8.14. The smallest absolute Gasteiger partial charge is 0.258 e. The molecule has 4 aromatic rings. The van der Waals surface area contributed by atoms with Crippen LogP contribution in [0.2, 0.25) is 0 Å². The summed E-state index contributed by atoms with van der Waals surface area (Å²) in [5.41, 5.74) is 0.444. The lowest BCUT2D eigenvalue weighted by molar-refractivity contribution is -0.123. The van der Waals surface area contributed by atoms with Gasteiger partial charge in [0.05, 0.1) is 11.5 Å². The first-order valence-electron chi connectivity index (χ1n) is 11.0. The normalized spacial score (nSPS) is 14.4. The molecule has 10 heteroatoms. The minimum absolute atomic E-state index is 0.00799. The molecule has 36 heavy (non-hydrogen) atoms. The third-order valence-corrected chi connectivity index (χ3v) is 5.48. The number of H-pyrrole nitrogens is 1. The number of fused-ring (bicyclic) bond motifs is 1. The molecule has 0 fully saturated rings. The van der Waals surface area contributed by atoms with Crippen molar-refractivity contribution in [1.82, 2.24) is 9.97 Å². The van der Waals surface area contributed by atoms with Gasteiger partial charge in [-0.1, -0.05) is 18.2 Å². The van der Waals surface area contributed by atoms with Crippen LogP contribution in [0, 0.1) is 5.82 Å². The van der Waals surface area contributed by atoms with Crippen molar-refractivity contribution < 1.29 is 18.7 Å². The predicted octanol–water partition coefficient (Wildman–Crippen LogP) is 4.51. The maximum atomic E-state index is 13.1. The van der Waals surface area contributed by atoms with Gasteiger partial charge in [-0.05, 0) is 60.7 Å². The number of para-hydroxylation sites is 1. The van der Waals surface area contributed by atoms with E-state index in [-0.39, 0.29) is 23.8 Å². The van der Waals surface area contributed by atoms with Gasteiger partial charge in [0.2, 0.25) is 17.8 Å². The number of nitrogens with zero attached hydrogens (tertiary/aromatic N) is 1. The number of rotatable bonds is 6. The average molecular weight is 485 g/mol. The van der Waals surface area contributed by atoms with Crippen LogP contribution in [0.5, 0.6) is 11.5 Å². The molecule has 0 spiro atoms. The first kappa shape index (κ1) is 22.8. The zero-order chi connectivity index (χ0) is 25.1. The molecule has 9 nitrogen and oxygen atoms in total. The van der Waals surface area contributed by atoms with Gasteiger partial charge in [-0.25, -0.2) is 4.39 Å². The monoisotopic (exact) mass is 485 g/mol. The van der Waals surface area contributed by atoms with Gasteiger partial charge in [0, 0.05) is 17.8 Å². The number of nitrogens with one attached hydrogen (secondary N) is 4. The van der Waals surface area contributed by atoms with Crippen molar-refractivity contribution in [2.45, 2.75) is 12.3 Å². The van der Waals surface area contributed by atoms with Gasteiger partial charge in [0.1, 0.15) is 23.1 Å². The molecule has 0 unspecified atom stereocenters. The summed E-state index contributed by atoms with van der Waals surface area (Å²) in [6.45, 7) is 0. The summed E-state index contributed by atoms with van der Waals surface area (Å²) < 4.78 is 18.9. The second kappa shape index (κ2) is 9.71. The second-order valence-electron chi connectivity index (χ2n) is 8.04. The quantitative estimate of drug-likeness (QED) is 0.319. The average Bonchev–Trinajstić information content (AvgIpc) is 2.86. The van der Waals surface area contributed by atoms with E-state index in [4.69, 9.17) is 4.74 Å². The van der Waals surface area contributed by atoms with Crippen LogP contribution in [0.15, 0.2) is 83.7 Å². The van der Waals surface area contributed by atoms with Crippen molar-refractivity contribution in [3.05, 3.63) is 101 Å². The molecule has 0 aliphatic carbocycles. The highest BCUT2D eigenvalue weighted by molar-refractivity contribution is 6.04.